The van der Waals surface area contributed by atoms with Gasteiger partial charge in [0.15, 0.2) is 18.1 Å². The number of carbonyl (C=O) groups is 1. The van der Waals surface area contributed by atoms with Crippen molar-refractivity contribution < 1.29 is 24.1 Å². The fourth-order valence-corrected chi connectivity index (χ4v) is 3.77. The van der Waals surface area contributed by atoms with Gasteiger partial charge in [-0.3, -0.25) is 4.79 Å². The second kappa shape index (κ2) is 7.22. The van der Waals surface area contributed by atoms with Gasteiger partial charge in [0.1, 0.15) is 0 Å². The minimum atomic E-state index is -0.669. The maximum Gasteiger partial charge on any atom is 0.260 e. The number of ether oxygens (including phenoxy) is 3. The van der Waals surface area contributed by atoms with Gasteiger partial charge in [0.2, 0.25) is 0 Å². The molecule has 2 aliphatic heterocycles. The first kappa shape index (κ1) is 18.0. The summed E-state index contributed by atoms with van der Waals surface area (Å²) in [4.78, 5) is 14.3. The first-order valence-electron chi connectivity index (χ1n) is 8.83. The first-order valence-corrected chi connectivity index (χ1v) is 8.83. The number of nitrogens with zero attached hydrogens (tertiary/aromatic N) is 1. The van der Waals surface area contributed by atoms with Crippen LogP contribution in [0.1, 0.15) is 32.6 Å². The van der Waals surface area contributed by atoms with Crippen molar-refractivity contribution in [3.63, 3.8) is 0 Å². The van der Waals surface area contributed by atoms with Crippen molar-refractivity contribution in [2.75, 3.05) is 33.4 Å². The van der Waals surface area contributed by atoms with E-state index in [1.165, 1.54) is 0 Å². The van der Waals surface area contributed by atoms with E-state index < -0.39 is 5.60 Å². The average Bonchev–Trinajstić information content (AvgIpc) is 2.59. The molecular formula is C19H27NO5. The smallest absolute Gasteiger partial charge is 0.260 e. The highest BCUT2D eigenvalue weighted by atomic mass is 16.5. The van der Waals surface area contributed by atoms with Gasteiger partial charge in [0.25, 0.3) is 5.91 Å². The van der Waals surface area contributed by atoms with Crippen molar-refractivity contribution in [2.45, 2.75) is 43.8 Å². The molecule has 0 bridgehead atoms. The fraction of sp³-hybridized carbons (Fsp3) is 0.632. The number of hydrogen-bond acceptors (Lipinski definition) is 5. The van der Waals surface area contributed by atoms with Crippen LogP contribution in [0.5, 0.6) is 11.5 Å². The molecule has 0 saturated carbocycles. The average molecular weight is 349 g/mol. The van der Waals surface area contributed by atoms with E-state index in [0.29, 0.717) is 44.0 Å². The summed E-state index contributed by atoms with van der Waals surface area (Å²) in [6, 6.07) is 7.29. The number of benzene rings is 1. The number of carbonyl (C=O) groups excluding carboxylic acids is 1. The number of methoxy groups -OCH3 is 1. The van der Waals surface area contributed by atoms with Crippen molar-refractivity contribution in [1.29, 1.82) is 0 Å². The maximum atomic E-state index is 12.4. The van der Waals surface area contributed by atoms with E-state index in [0.717, 1.165) is 12.8 Å². The van der Waals surface area contributed by atoms with Crippen molar-refractivity contribution in [1.82, 2.24) is 4.90 Å². The molecule has 1 spiro atoms. The normalized spacial score (nSPS) is 25.6. The van der Waals surface area contributed by atoms with E-state index in [9.17, 15) is 9.90 Å². The summed E-state index contributed by atoms with van der Waals surface area (Å²) in [7, 11) is 1.58. The number of para-hydroxylation sites is 2. The van der Waals surface area contributed by atoms with Gasteiger partial charge < -0.3 is 24.2 Å². The molecule has 3 rings (SSSR count). The lowest BCUT2D eigenvalue weighted by atomic mass is 9.78. The summed E-state index contributed by atoms with van der Waals surface area (Å²) in [5.74, 6) is 1.15. The lowest BCUT2D eigenvalue weighted by molar-refractivity contribution is -0.175. The van der Waals surface area contributed by atoms with Crippen LogP contribution in [-0.4, -0.2) is 60.5 Å². The highest BCUT2D eigenvalue weighted by Gasteiger charge is 2.44. The molecule has 1 aromatic carbocycles. The van der Waals surface area contributed by atoms with E-state index in [2.05, 4.69) is 0 Å². The third-order valence-corrected chi connectivity index (χ3v) is 5.20. The molecule has 0 aliphatic carbocycles. The SMILES string of the molecule is COc1ccccc1OCC(=O)N1CCC2(CC1)CC(C)(O)CCO2. The van der Waals surface area contributed by atoms with Crippen LogP contribution in [0.15, 0.2) is 24.3 Å². The second-order valence-electron chi connectivity index (χ2n) is 7.28. The fourth-order valence-electron chi connectivity index (χ4n) is 3.77. The largest absolute Gasteiger partial charge is 0.493 e. The van der Waals surface area contributed by atoms with Gasteiger partial charge in [-0.2, -0.15) is 0 Å². The molecule has 2 aliphatic rings. The predicted octanol–water partition coefficient (Wildman–Crippen LogP) is 2.00. The van der Waals surface area contributed by atoms with E-state index >= 15 is 0 Å². The molecule has 1 atom stereocenters. The Morgan fingerprint density at radius 3 is 2.56 bits per heavy atom. The van der Waals surface area contributed by atoms with Crippen LogP contribution >= 0.6 is 0 Å². The third kappa shape index (κ3) is 4.25. The van der Waals surface area contributed by atoms with Gasteiger partial charge >= 0.3 is 0 Å². The molecular weight excluding hydrogens is 322 g/mol. The number of likely N-dealkylation sites (tertiary alicyclic amines) is 1. The van der Waals surface area contributed by atoms with E-state index in [1.54, 1.807) is 19.2 Å². The molecule has 25 heavy (non-hydrogen) atoms. The minimum absolute atomic E-state index is 0.00799. The van der Waals surface area contributed by atoms with Crippen LogP contribution in [0, 0.1) is 0 Å². The number of piperidine rings is 1. The third-order valence-electron chi connectivity index (χ3n) is 5.20. The molecule has 138 valence electrons. The number of rotatable bonds is 4. The van der Waals surface area contributed by atoms with E-state index in [4.69, 9.17) is 14.2 Å². The minimum Gasteiger partial charge on any atom is -0.493 e. The van der Waals surface area contributed by atoms with Gasteiger partial charge in [0.05, 0.1) is 24.9 Å². The highest BCUT2D eigenvalue weighted by molar-refractivity contribution is 5.78. The quantitative estimate of drug-likeness (QED) is 0.900. The summed E-state index contributed by atoms with van der Waals surface area (Å²) in [5.41, 5.74) is -0.959. The zero-order valence-corrected chi connectivity index (χ0v) is 15.0. The Labute approximate surface area is 148 Å². The maximum absolute atomic E-state index is 12.4. The van der Waals surface area contributed by atoms with Gasteiger partial charge in [-0.25, -0.2) is 0 Å². The molecule has 2 heterocycles. The summed E-state index contributed by atoms with van der Waals surface area (Å²) < 4.78 is 16.8. The summed E-state index contributed by atoms with van der Waals surface area (Å²) in [6.07, 6.45) is 2.82. The molecule has 2 saturated heterocycles. The summed E-state index contributed by atoms with van der Waals surface area (Å²) >= 11 is 0. The highest BCUT2D eigenvalue weighted by Crippen LogP contribution is 2.39. The zero-order valence-electron chi connectivity index (χ0n) is 15.0. The van der Waals surface area contributed by atoms with Crippen LogP contribution in [0.3, 0.4) is 0 Å². The molecule has 0 aromatic heterocycles. The second-order valence-corrected chi connectivity index (χ2v) is 7.28. The molecule has 6 nitrogen and oxygen atoms in total. The van der Waals surface area contributed by atoms with Crippen molar-refractivity contribution in [3.05, 3.63) is 24.3 Å². The van der Waals surface area contributed by atoms with Crippen LogP contribution in [-0.2, 0) is 9.53 Å². The summed E-state index contributed by atoms with van der Waals surface area (Å²) in [5, 5.41) is 10.3. The standard InChI is InChI=1S/C19H27NO5/c1-18(22)9-12-25-19(14-18)7-10-20(11-8-19)17(21)13-24-16-6-4-3-5-15(16)23-2/h3-6,22H,7-14H2,1-2H3. The van der Waals surface area contributed by atoms with Crippen molar-refractivity contribution in [2.24, 2.45) is 0 Å². The molecule has 6 heteroatoms. The molecule has 1 amide bonds. The Morgan fingerprint density at radius 2 is 1.92 bits per heavy atom. The zero-order chi connectivity index (χ0) is 17.9. The van der Waals surface area contributed by atoms with E-state index in [1.807, 2.05) is 24.0 Å². The first-order chi connectivity index (χ1) is 11.9. The van der Waals surface area contributed by atoms with Gasteiger partial charge in [-0.15, -0.1) is 0 Å². The monoisotopic (exact) mass is 349 g/mol. The van der Waals surface area contributed by atoms with Gasteiger partial charge in [-0.05, 0) is 38.3 Å². The molecule has 1 N–H and O–H groups in total. The molecule has 2 fully saturated rings. The Kier molecular flexibility index (Phi) is 5.20. The van der Waals surface area contributed by atoms with Crippen LogP contribution in [0.4, 0.5) is 0 Å². The number of hydrogen-bond donors (Lipinski definition) is 1. The molecule has 0 radical (unpaired) electrons. The molecule has 1 unspecified atom stereocenters. The van der Waals surface area contributed by atoms with Gasteiger partial charge in [0, 0.05) is 19.5 Å². The Hall–Kier alpha value is -1.79. The Morgan fingerprint density at radius 1 is 1.24 bits per heavy atom. The topological polar surface area (TPSA) is 68.2 Å². The van der Waals surface area contributed by atoms with Crippen LogP contribution in [0.2, 0.25) is 0 Å². The Bertz CT molecular complexity index is 608. The number of amides is 1. The van der Waals surface area contributed by atoms with Crippen molar-refractivity contribution >= 4 is 5.91 Å². The summed E-state index contributed by atoms with van der Waals surface area (Å²) in [6.45, 7) is 3.70. The lowest BCUT2D eigenvalue weighted by Crippen LogP contribution is -2.54. The van der Waals surface area contributed by atoms with Crippen LogP contribution < -0.4 is 9.47 Å². The predicted molar refractivity (Wildman–Crippen MR) is 92.8 cm³/mol. The van der Waals surface area contributed by atoms with Crippen LogP contribution in [0.25, 0.3) is 0 Å². The van der Waals surface area contributed by atoms with Gasteiger partial charge in [-0.1, -0.05) is 12.1 Å². The Balaban J connectivity index is 1.52. The number of aliphatic hydroxyl groups is 1. The molecule has 1 aromatic rings. The van der Waals surface area contributed by atoms with Crippen molar-refractivity contribution in [3.8, 4) is 11.5 Å². The lowest BCUT2D eigenvalue weighted by Gasteiger charge is -2.48. The van der Waals surface area contributed by atoms with E-state index in [-0.39, 0.29) is 18.1 Å².